The number of carbonyl (C=O) groups is 11. The first-order valence-electron chi connectivity index (χ1n) is 25.7. The number of carbonyl (C=O) groups excluding carboxylic acids is 11. The lowest BCUT2D eigenvalue weighted by Crippen LogP contribution is -2.60. The Morgan fingerprint density at radius 2 is 1.20 bits per heavy atom. The minimum Gasteiger partial charge on any atom is -0.391 e. The molecule has 0 fully saturated rings. The fraction of sp³-hybridized carbons (Fsp3) is 0.462. The Kier molecular flexibility index (Phi) is 25.6. The van der Waals surface area contributed by atoms with Crippen molar-refractivity contribution in [2.45, 2.75) is 121 Å². The number of hydrogen-bond donors (Lipinski definition) is 15. The number of aliphatic hydroxyl groups is 1. The summed E-state index contributed by atoms with van der Waals surface area (Å²) in [7, 11) is 0. The van der Waals surface area contributed by atoms with Gasteiger partial charge >= 0.3 is 0 Å². The van der Waals surface area contributed by atoms with E-state index in [0.29, 0.717) is 33.5 Å². The summed E-state index contributed by atoms with van der Waals surface area (Å²) in [4.78, 5) is 156. The Bertz CT molecular complexity index is 2780. The monoisotopic (exact) mass is 1130 g/mol. The second-order valence-electron chi connectivity index (χ2n) is 19.4. The minimum atomic E-state index is -1.70. The number of amides is 11. The van der Waals surface area contributed by atoms with E-state index in [1.165, 1.54) is 38.1 Å². The molecule has 0 aliphatic heterocycles. The van der Waals surface area contributed by atoms with Crippen molar-refractivity contribution in [3.63, 3.8) is 0 Å². The number of H-pyrrole nitrogens is 2. The van der Waals surface area contributed by atoms with E-state index in [4.69, 9.17) is 17.2 Å². The zero-order valence-corrected chi connectivity index (χ0v) is 45.9. The summed E-state index contributed by atoms with van der Waals surface area (Å²) in [5.41, 5.74) is 18.7. The molecule has 0 spiro atoms. The molecular formula is C52H73N15O12S. The Balaban J connectivity index is 1.47. The molecule has 4 rings (SSSR count). The summed E-state index contributed by atoms with van der Waals surface area (Å²) in [6.07, 6.45) is 4.01. The third-order valence-electron chi connectivity index (χ3n) is 12.4. The van der Waals surface area contributed by atoms with Crippen LogP contribution in [0.5, 0.6) is 0 Å². The van der Waals surface area contributed by atoms with Crippen LogP contribution in [0.25, 0.3) is 10.9 Å². The quantitative estimate of drug-likeness (QED) is 0.0220. The van der Waals surface area contributed by atoms with E-state index in [2.05, 4.69) is 62.8 Å². The van der Waals surface area contributed by atoms with Gasteiger partial charge in [0.05, 0.1) is 31.9 Å². The Labute approximate surface area is 465 Å². The molecular weight excluding hydrogens is 1060 g/mol. The molecule has 2 heterocycles. The van der Waals surface area contributed by atoms with Crippen LogP contribution < -0.4 is 65.1 Å². The lowest BCUT2D eigenvalue weighted by atomic mass is 10.00. The molecule has 0 aliphatic carbocycles. The summed E-state index contributed by atoms with van der Waals surface area (Å²) in [6.45, 7) is 4.72. The van der Waals surface area contributed by atoms with Crippen LogP contribution in [0.4, 0.5) is 0 Å². The van der Waals surface area contributed by atoms with Crippen LogP contribution in [-0.4, -0.2) is 165 Å². The number of benzene rings is 2. The van der Waals surface area contributed by atoms with E-state index in [1.807, 2.05) is 6.26 Å². The summed E-state index contributed by atoms with van der Waals surface area (Å²) in [5.74, 6) is -9.21. The van der Waals surface area contributed by atoms with Crippen LogP contribution in [0.3, 0.4) is 0 Å². The van der Waals surface area contributed by atoms with Gasteiger partial charge in [0.25, 0.3) is 0 Å². The maximum absolute atomic E-state index is 14.2. The molecule has 2 aromatic heterocycles. The number of rotatable bonds is 33. The molecule has 0 aliphatic rings. The number of nitrogens with two attached hydrogens (primary N) is 3. The van der Waals surface area contributed by atoms with Crippen LogP contribution in [0, 0.1) is 5.92 Å². The second-order valence-corrected chi connectivity index (χ2v) is 20.4. The molecule has 0 saturated heterocycles. The van der Waals surface area contributed by atoms with E-state index in [9.17, 15) is 57.8 Å². The van der Waals surface area contributed by atoms with E-state index < -0.39 is 139 Å². The van der Waals surface area contributed by atoms with E-state index in [0.717, 1.165) is 0 Å². The van der Waals surface area contributed by atoms with Crippen molar-refractivity contribution in [2.24, 2.45) is 23.1 Å². The molecule has 0 bridgehead atoms. The molecule has 0 radical (unpaired) electrons. The number of thioether (sulfide) groups is 1. The maximum Gasteiger partial charge on any atom is 0.245 e. The number of aromatic nitrogens is 3. The molecule has 4 aromatic rings. The molecule has 18 N–H and O–H groups in total. The fourth-order valence-corrected chi connectivity index (χ4v) is 8.65. The van der Waals surface area contributed by atoms with Crippen molar-refractivity contribution in [1.82, 2.24) is 62.8 Å². The summed E-state index contributed by atoms with van der Waals surface area (Å²) < 4.78 is 0. The van der Waals surface area contributed by atoms with Gasteiger partial charge in [-0.15, -0.1) is 0 Å². The summed E-state index contributed by atoms with van der Waals surface area (Å²) >= 11 is 1.44. The third kappa shape index (κ3) is 20.8. The average Bonchev–Trinajstić information content (AvgIpc) is 4.13. The van der Waals surface area contributed by atoms with Gasteiger partial charge < -0.3 is 80.1 Å². The first-order chi connectivity index (χ1) is 38.0. The molecule has 9 atom stereocenters. The number of primary amides is 2. The molecule has 80 heavy (non-hydrogen) atoms. The Hall–Kier alpha value is -8.37. The highest BCUT2D eigenvalue weighted by molar-refractivity contribution is 7.98. The predicted molar refractivity (Wildman–Crippen MR) is 295 cm³/mol. The average molecular weight is 1130 g/mol. The van der Waals surface area contributed by atoms with Gasteiger partial charge in [-0.3, -0.25) is 52.7 Å². The zero-order valence-electron chi connectivity index (χ0n) is 45.1. The number of para-hydroxylation sites is 1. The molecule has 2 aromatic carbocycles. The highest BCUT2D eigenvalue weighted by Gasteiger charge is 2.35. The molecule has 0 saturated carbocycles. The van der Waals surface area contributed by atoms with Gasteiger partial charge in [0.2, 0.25) is 65.0 Å². The smallest absolute Gasteiger partial charge is 0.245 e. The number of aliphatic hydroxyl groups excluding tert-OH is 1. The SMILES string of the molecule is CSCC[C@H](NC(=O)[C@@H](Cc1ccccc1)NC(=O)[C@H](Cc1cnc[nH]1)NC(=O)CNC(=O)[C@H](NC(=O)[C@@H](C)NC(=O)[C@H](Cc1c[nH]c2ccccc12)NC(=O)[C@@H](CC(C)C)NC(=O)[C@H](CC(N)=O)NC(=O)CN)[C@@H](C)O)C(N)=O. The summed E-state index contributed by atoms with van der Waals surface area (Å²) in [6, 6.07) is 4.90. The number of aromatic amines is 2. The number of fused-ring (bicyclic) bond motifs is 1. The van der Waals surface area contributed by atoms with Crippen molar-refractivity contribution in [1.29, 1.82) is 0 Å². The zero-order chi connectivity index (χ0) is 59.1. The lowest BCUT2D eigenvalue weighted by molar-refractivity contribution is -0.136. The molecule has 28 heteroatoms. The van der Waals surface area contributed by atoms with Crippen LogP contribution in [-0.2, 0) is 72.0 Å². The Morgan fingerprint density at radius 3 is 1.80 bits per heavy atom. The molecule has 0 unspecified atom stereocenters. The first-order valence-corrected chi connectivity index (χ1v) is 27.1. The van der Waals surface area contributed by atoms with Crippen LogP contribution in [0.1, 0.15) is 63.8 Å². The number of nitrogens with zero attached hydrogens (tertiary/aromatic N) is 1. The number of imidazole rings is 1. The van der Waals surface area contributed by atoms with E-state index in [-0.39, 0.29) is 38.0 Å². The highest BCUT2D eigenvalue weighted by atomic mass is 32.2. The van der Waals surface area contributed by atoms with E-state index >= 15 is 0 Å². The standard InChI is InChI=1S/C52H73N15O12S/c1-27(2)17-36(64-51(78)40(21-41(54)69)61-42(70)22-53)48(75)66-38(19-31-23-57-34-14-10-9-13-33(31)34)47(74)60-28(3)46(73)67-44(29(4)68)52(79)58-25-43(71)62-39(20-32-24-56-26-59-32)50(77)65-37(18-30-11-7-6-8-12-30)49(76)63-35(45(55)72)15-16-80-5/h6-14,23-24,26-29,35-40,44,57,68H,15-22,25,53H2,1-5H3,(H2,54,69)(H2,55,72)(H,56,59)(H,58,79)(H,60,74)(H,61,70)(H,62,71)(H,63,76)(H,64,78)(H,65,77)(H,66,75)(H,67,73)/t28-,29-,35+,36-,37-,38+,39+,40+,44-/m1/s1. The van der Waals surface area contributed by atoms with Crippen LogP contribution in [0.2, 0.25) is 0 Å². The first kappa shape index (κ1) is 64.2. The van der Waals surface area contributed by atoms with Crippen molar-refractivity contribution < 1.29 is 57.8 Å². The van der Waals surface area contributed by atoms with Crippen molar-refractivity contribution in [3.05, 3.63) is 90.1 Å². The number of hydrogen-bond acceptors (Lipinski definition) is 15. The molecule has 27 nitrogen and oxygen atoms in total. The van der Waals surface area contributed by atoms with Gasteiger partial charge in [0.15, 0.2) is 0 Å². The summed E-state index contributed by atoms with van der Waals surface area (Å²) in [5, 5.41) is 34.0. The van der Waals surface area contributed by atoms with Gasteiger partial charge in [0, 0.05) is 48.3 Å². The minimum absolute atomic E-state index is 0.00764. The number of nitrogens with one attached hydrogen (secondary N) is 11. The van der Waals surface area contributed by atoms with E-state index in [1.54, 1.807) is 74.6 Å². The van der Waals surface area contributed by atoms with Gasteiger partial charge in [-0.05, 0) is 61.8 Å². The lowest BCUT2D eigenvalue weighted by Gasteiger charge is -2.27. The third-order valence-corrected chi connectivity index (χ3v) is 13.0. The highest BCUT2D eigenvalue weighted by Crippen LogP contribution is 2.20. The van der Waals surface area contributed by atoms with Crippen molar-refractivity contribution in [3.8, 4) is 0 Å². The second kappa shape index (κ2) is 31.9. The van der Waals surface area contributed by atoms with Crippen molar-refractivity contribution in [2.75, 3.05) is 25.1 Å². The van der Waals surface area contributed by atoms with Crippen LogP contribution >= 0.6 is 11.8 Å². The normalized spacial score (nSPS) is 14.5. The Morgan fingerprint density at radius 1 is 0.625 bits per heavy atom. The fourth-order valence-electron chi connectivity index (χ4n) is 8.18. The van der Waals surface area contributed by atoms with Gasteiger partial charge in [0.1, 0.15) is 48.3 Å². The molecule has 434 valence electrons. The van der Waals surface area contributed by atoms with Gasteiger partial charge in [-0.2, -0.15) is 11.8 Å². The maximum atomic E-state index is 14.2. The van der Waals surface area contributed by atoms with Gasteiger partial charge in [-0.25, -0.2) is 4.98 Å². The van der Waals surface area contributed by atoms with Crippen LogP contribution in [0.15, 0.2) is 73.3 Å². The van der Waals surface area contributed by atoms with Crippen molar-refractivity contribution >= 4 is 87.6 Å². The topological polar surface area (TPSA) is 439 Å². The molecule has 11 amide bonds. The largest absolute Gasteiger partial charge is 0.391 e. The predicted octanol–water partition coefficient (Wildman–Crippen LogP) is -3.57. The van der Waals surface area contributed by atoms with Gasteiger partial charge in [-0.1, -0.05) is 62.4 Å².